The number of aliphatic hydroxyl groups excluding tert-OH is 1. The maximum atomic E-state index is 8.77. The van der Waals surface area contributed by atoms with Gasteiger partial charge in [-0.15, -0.1) is 0 Å². The van der Waals surface area contributed by atoms with Gasteiger partial charge in [-0.25, -0.2) is 0 Å². The maximum absolute atomic E-state index is 8.77. The van der Waals surface area contributed by atoms with Gasteiger partial charge >= 0.3 is 0 Å². The summed E-state index contributed by atoms with van der Waals surface area (Å²) in [5, 5.41) is 12.9. The molecule has 0 amide bonds. The van der Waals surface area contributed by atoms with Crippen molar-refractivity contribution in [2.75, 3.05) is 6.61 Å². The van der Waals surface area contributed by atoms with Crippen LogP contribution in [-0.2, 0) is 12.0 Å². The molecule has 0 radical (unpaired) electrons. The number of hydrogen-bond donors (Lipinski definition) is 1. The summed E-state index contributed by atoms with van der Waals surface area (Å²) in [4.78, 5) is 0. The molecule has 0 atom stereocenters. The van der Waals surface area contributed by atoms with Gasteiger partial charge < -0.3 is 5.11 Å². The Kier molecular flexibility index (Phi) is 9.85. The highest BCUT2D eigenvalue weighted by Crippen LogP contribution is 2.21. The number of hydrogen-bond acceptors (Lipinski definition) is 2. The molecule has 1 aromatic heterocycles. The third kappa shape index (κ3) is 12.0. The molecule has 1 aromatic rings. The molecule has 0 fully saturated rings. The van der Waals surface area contributed by atoms with E-state index in [1.807, 2.05) is 24.6 Å². The highest BCUT2D eigenvalue weighted by molar-refractivity contribution is 5.11. The summed E-state index contributed by atoms with van der Waals surface area (Å²) in [6, 6.07) is 2.00. The van der Waals surface area contributed by atoms with E-state index in [4.69, 9.17) is 5.11 Å². The van der Waals surface area contributed by atoms with Crippen LogP contribution in [0.15, 0.2) is 12.3 Å². The predicted octanol–water partition coefficient (Wildman–Crippen LogP) is 4.25. The fraction of sp³-hybridized carbons (Fsp3) is 0.812. The number of aliphatic hydroxyl groups is 1. The van der Waals surface area contributed by atoms with Crippen LogP contribution in [0.1, 0.15) is 68.0 Å². The second kappa shape index (κ2) is 9.13. The zero-order valence-electron chi connectivity index (χ0n) is 14.4. The third-order valence-corrected chi connectivity index (χ3v) is 1.80. The van der Waals surface area contributed by atoms with Crippen molar-refractivity contribution in [2.45, 2.75) is 74.3 Å². The van der Waals surface area contributed by atoms with E-state index in [0.29, 0.717) is 12.0 Å². The van der Waals surface area contributed by atoms with Gasteiger partial charge in [0.05, 0.1) is 13.2 Å². The first-order chi connectivity index (χ1) is 8.55. The van der Waals surface area contributed by atoms with E-state index in [2.05, 4.69) is 53.6 Å². The molecule has 0 unspecified atom stereocenters. The molecule has 114 valence electrons. The Bertz CT molecular complexity index is 310. The zero-order valence-corrected chi connectivity index (χ0v) is 14.4. The molecule has 0 aliphatic rings. The smallest absolute Gasteiger partial charge is 0.0644 e. The van der Waals surface area contributed by atoms with Crippen molar-refractivity contribution in [1.29, 1.82) is 0 Å². The van der Waals surface area contributed by atoms with Crippen molar-refractivity contribution in [3.8, 4) is 0 Å². The Balaban J connectivity index is 0. The summed E-state index contributed by atoms with van der Waals surface area (Å²) in [6.07, 6.45) is 1.77. The summed E-state index contributed by atoms with van der Waals surface area (Å²) in [5.74, 6) is 0. The minimum atomic E-state index is 0.103. The molecule has 1 heterocycles. The van der Waals surface area contributed by atoms with Crippen molar-refractivity contribution >= 4 is 0 Å². The first-order valence-corrected chi connectivity index (χ1v) is 7.19. The van der Waals surface area contributed by atoms with Gasteiger partial charge in [0.25, 0.3) is 0 Å². The quantitative estimate of drug-likeness (QED) is 0.872. The second-order valence-corrected chi connectivity index (χ2v) is 6.91. The zero-order chi connectivity index (χ0) is 15.7. The third-order valence-electron chi connectivity index (χ3n) is 1.80. The second-order valence-electron chi connectivity index (χ2n) is 6.91. The average Bonchev–Trinajstić information content (AvgIpc) is 2.66. The Labute approximate surface area is 120 Å². The van der Waals surface area contributed by atoms with Crippen LogP contribution in [0.25, 0.3) is 0 Å². The number of aromatic nitrogens is 2. The van der Waals surface area contributed by atoms with Gasteiger partial charge in [0.2, 0.25) is 0 Å². The Hall–Kier alpha value is -0.830. The SMILES string of the molecule is CC.CC(C)(C)C.CC(C)(C)c1ccnn1CCO. The molecule has 0 aliphatic heterocycles. The van der Waals surface area contributed by atoms with E-state index in [9.17, 15) is 0 Å². The first kappa shape index (κ1) is 20.5. The molecule has 0 saturated carbocycles. The molecular weight excluding hydrogens is 236 g/mol. The molecule has 0 spiro atoms. The average molecular weight is 270 g/mol. The Morgan fingerprint density at radius 1 is 1.05 bits per heavy atom. The molecule has 0 bridgehead atoms. The van der Waals surface area contributed by atoms with E-state index in [1.165, 1.54) is 0 Å². The van der Waals surface area contributed by atoms with Gasteiger partial charge in [0, 0.05) is 17.3 Å². The van der Waals surface area contributed by atoms with Crippen molar-refractivity contribution < 1.29 is 5.11 Å². The predicted molar refractivity (Wildman–Crippen MR) is 84.5 cm³/mol. The van der Waals surface area contributed by atoms with E-state index in [0.717, 1.165) is 5.69 Å². The highest BCUT2D eigenvalue weighted by atomic mass is 16.3. The fourth-order valence-electron chi connectivity index (χ4n) is 1.24. The minimum Gasteiger partial charge on any atom is -0.394 e. The highest BCUT2D eigenvalue weighted by Gasteiger charge is 2.17. The molecule has 1 N–H and O–H groups in total. The lowest BCUT2D eigenvalue weighted by atomic mass is 9.92. The summed E-state index contributed by atoms with van der Waals surface area (Å²) in [5.41, 5.74) is 1.77. The van der Waals surface area contributed by atoms with Crippen molar-refractivity contribution in [3.05, 3.63) is 18.0 Å². The first-order valence-electron chi connectivity index (χ1n) is 7.19. The van der Waals surface area contributed by atoms with Crippen molar-refractivity contribution in [3.63, 3.8) is 0 Å². The molecule has 0 aromatic carbocycles. The lowest BCUT2D eigenvalue weighted by Gasteiger charge is -2.19. The van der Waals surface area contributed by atoms with Crippen molar-refractivity contribution in [1.82, 2.24) is 9.78 Å². The van der Waals surface area contributed by atoms with Crippen LogP contribution in [0.4, 0.5) is 0 Å². The Morgan fingerprint density at radius 2 is 1.47 bits per heavy atom. The van der Waals surface area contributed by atoms with Crippen LogP contribution in [0.3, 0.4) is 0 Å². The monoisotopic (exact) mass is 270 g/mol. The number of nitrogens with zero attached hydrogens (tertiary/aromatic N) is 2. The Morgan fingerprint density at radius 3 is 1.79 bits per heavy atom. The standard InChI is InChI=1S/C9H16N2O.C5H12.C2H6/c1-9(2,3)8-4-5-10-11(8)6-7-12;1-5(2,3)4;1-2/h4-5,12H,6-7H2,1-3H3;1-4H3;1-2H3. The van der Waals surface area contributed by atoms with Crippen molar-refractivity contribution in [2.24, 2.45) is 5.41 Å². The summed E-state index contributed by atoms with van der Waals surface area (Å²) in [6.45, 7) is 19.9. The molecule has 1 rings (SSSR count). The van der Waals surface area contributed by atoms with E-state index in [1.54, 1.807) is 6.20 Å². The summed E-state index contributed by atoms with van der Waals surface area (Å²) in [7, 11) is 0. The number of rotatable bonds is 2. The fourth-order valence-corrected chi connectivity index (χ4v) is 1.24. The maximum Gasteiger partial charge on any atom is 0.0644 e. The van der Waals surface area contributed by atoms with E-state index in [-0.39, 0.29) is 12.0 Å². The van der Waals surface area contributed by atoms with Crippen LogP contribution in [-0.4, -0.2) is 21.5 Å². The van der Waals surface area contributed by atoms with Crippen LogP contribution < -0.4 is 0 Å². The molecular formula is C16H34N2O. The van der Waals surface area contributed by atoms with E-state index < -0.39 is 0 Å². The van der Waals surface area contributed by atoms with Crippen LogP contribution in [0.5, 0.6) is 0 Å². The van der Waals surface area contributed by atoms with Crippen LogP contribution in [0, 0.1) is 5.41 Å². The van der Waals surface area contributed by atoms with Crippen LogP contribution in [0.2, 0.25) is 0 Å². The topological polar surface area (TPSA) is 38.0 Å². The molecule has 0 aliphatic carbocycles. The molecule has 3 nitrogen and oxygen atoms in total. The van der Waals surface area contributed by atoms with Gasteiger partial charge in [0.1, 0.15) is 0 Å². The summed E-state index contributed by atoms with van der Waals surface area (Å²) >= 11 is 0. The summed E-state index contributed by atoms with van der Waals surface area (Å²) < 4.78 is 1.85. The van der Waals surface area contributed by atoms with Gasteiger partial charge in [-0.3, -0.25) is 4.68 Å². The lowest BCUT2D eigenvalue weighted by Crippen LogP contribution is -2.19. The molecule has 0 saturated heterocycles. The lowest BCUT2D eigenvalue weighted by molar-refractivity contribution is 0.264. The van der Waals surface area contributed by atoms with E-state index >= 15 is 0 Å². The van der Waals surface area contributed by atoms with Gasteiger partial charge in [-0.1, -0.05) is 62.3 Å². The normalized spacial score (nSPS) is 11.1. The molecule has 3 heteroatoms. The van der Waals surface area contributed by atoms with Gasteiger partial charge in [-0.05, 0) is 11.5 Å². The van der Waals surface area contributed by atoms with Gasteiger partial charge in [0.15, 0.2) is 0 Å². The minimum absolute atomic E-state index is 0.103. The largest absolute Gasteiger partial charge is 0.394 e. The molecule has 19 heavy (non-hydrogen) atoms. The van der Waals surface area contributed by atoms with Gasteiger partial charge in [-0.2, -0.15) is 5.10 Å². The van der Waals surface area contributed by atoms with Crippen LogP contribution >= 0.6 is 0 Å².